The molecule has 6 nitrogen and oxygen atoms in total. The molecule has 0 aliphatic rings. The predicted octanol–water partition coefficient (Wildman–Crippen LogP) is 4.74. The molecule has 0 fully saturated rings. The van der Waals surface area contributed by atoms with E-state index in [1.54, 1.807) is 66.7 Å². The molecule has 1 N–H and O–H groups in total. The van der Waals surface area contributed by atoms with E-state index in [2.05, 4.69) is 10.5 Å². The number of carbonyl (C=O) groups excluding carboxylic acids is 2. The molecule has 0 unspecified atom stereocenters. The van der Waals surface area contributed by atoms with Gasteiger partial charge in [0.15, 0.2) is 6.61 Å². The van der Waals surface area contributed by atoms with Gasteiger partial charge >= 0.3 is 5.97 Å². The molecular weight excluding hydrogens is 427 g/mol. The smallest absolute Gasteiger partial charge is 0.343 e. The van der Waals surface area contributed by atoms with E-state index in [0.717, 1.165) is 0 Å². The summed E-state index contributed by atoms with van der Waals surface area (Å²) in [7, 11) is 0. The van der Waals surface area contributed by atoms with Crippen molar-refractivity contribution < 1.29 is 19.1 Å². The molecule has 3 aromatic rings. The van der Waals surface area contributed by atoms with Crippen molar-refractivity contribution in [1.29, 1.82) is 0 Å². The summed E-state index contributed by atoms with van der Waals surface area (Å²) in [4.78, 5) is 23.9. The van der Waals surface area contributed by atoms with Crippen molar-refractivity contribution in [1.82, 2.24) is 5.43 Å². The van der Waals surface area contributed by atoms with E-state index in [9.17, 15) is 9.59 Å². The second-order valence-corrected chi connectivity index (χ2v) is 6.88. The van der Waals surface area contributed by atoms with Crippen molar-refractivity contribution in [3.63, 3.8) is 0 Å². The van der Waals surface area contributed by atoms with Crippen molar-refractivity contribution in [3.8, 4) is 11.5 Å². The summed E-state index contributed by atoms with van der Waals surface area (Å²) in [5.74, 6) is -0.0147. The molecule has 152 valence electrons. The van der Waals surface area contributed by atoms with E-state index in [-0.39, 0.29) is 6.61 Å². The minimum Gasteiger partial charge on any atom is -0.484 e. The molecule has 0 spiro atoms. The first-order valence-electron chi connectivity index (χ1n) is 8.78. The number of nitrogens with zero attached hydrogens (tertiary/aromatic N) is 1. The van der Waals surface area contributed by atoms with Crippen LogP contribution in [-0.4, -0.2) is 24.7 Å². The lowest BCUT2D eigenvalue weighted by molar-refractivity contribution is -0.123. The third-order valence-corrected chi connectivity index (χ3v) is 4.22. The van der Waals surface area contributed by atoms with Crippen LogP contribution in [0.25, 0.3) is 0 Å². The van der Waals surface area contributed by atoms with Gasteiger partial charge in [0.25, 0.3) is 5.91 Å². The normalized spacial score (nSPS) is 10.6. The average Bonchev–Trinajstić information content (AvgIpc) is 2.74. The molecule has 0 saturated carbocycles. The molecule has 0 aliphatic heterocycles. The Morgan fingerprint density at radius 2 is 1.60 bits per heavy atom. The van der Waals surface area contributed by atoms with Crippen LogP contribution in [0.1, 0.15) is 15.9 Å². The first-order valence-corrected chi connectivity index (χ1v) is 9.53. The number of hydrazone groups is 1. The summed E-state index contributed by atoms with van der Waals surface area (Å²) in [5.41, 5.74) is 3.43. The van der Waals surface area contributed by atoms with Crippen molar-refractivity contribution in [2.45, 2.75) is 0 Å². The highest BCUT2D eigenvalue weighted by Gasteiger charge is 2.08. The number of esters is 1. The maximum Gasteiger partial charge on any atom is 0.343 e. The maximum atomic E-state index is 12.1. The summed E-state index contributed by atoms with van der Waals surface area (Å²) in [5, 5.41) is 4.91. The Hall–Kier alpha value is -3.35. The van der Waals surface area contributed by atoms with E-state index in [0.29, 0.717) is 32.7 Å². The maximum absolute atomic E-state index is 12.1. The van der Waals surface area contributed by atoms with Gasteiger partial charge in [-0.15, -0.1) is 0 Å². The van der Waals surface area contributed by atoms with E-state index < -0.39 is 11.9 Å². The number of nitrogens with one attached hydrogen (secondary N) is 1. The molecule has 0 aliphatic carbocycles. The number of ether oxygens (including phenoxy) is 2. The quantitative estimate of drug-likeness (QED) is 0.248. The number of hydrogen-bond acceptors (Lipinski definition) is 5. The van der Waals surface area contributed by atoms with E-state index in [4.69, 9.17) is 32.7 Å². The number of amides is 1. The second-order valence-electron chi connectivity index (χ2n) is 6.00. The van der Waals surface area contributed by atoms with Gasteiger partial charge in [-0.1, -0.05) is 29.3 Å². The predicted molar refractivity (Wildman–Crippen MR) is 116 cm³/mol. The summed E-state index contributed by atoms with van der Waals surface area (Å²) < 4.78 is 10.6. The number of hydrogen-bond donors (Lipinski definition) is 1. The highest BCUT2D eigenvalue weighted by molar-refractivity contribution is 6.31. The Labute approximate surface area is 183 Å². The van der Waals surface area contributed by atoms with Crippen LogP contribution in [0, 0.1) is 0 Å². The SMILES string of the molecule is O=C(COc1ccc(Cl)cc1)N/N=C/c1ccc(OC(=O)c2cccc(Cl)c2)cc1. The third kappa shape index (κ3) is 6.62. The lowest BCUT2D eigenvalue weighted by Crippen LogP contribution is -2.24. The van der Waals surface area contributed by atoms with E-state index >= 15 is 0 Å². The lowest BCUT2D eigenvalue weighted by Gasteiger charge is -2.05. The molecule has 0 aromatic heterocycles. The largest absolute Gasteiger partial charge is 0.484 e. The van der Waals surface area contributed by atoms with Gasteiger partial charge in [-0.25, -0.2) is 10.2 Å². The zero-order valence-corrected chi connectivity index (χ0v) is 17.1. The van der Waals surface area contributed by atoms with Crippen LogP contribution in [0.2, 0.25) is 10.0 Å². The first-order chi connectivity index (χ1) is 14.5. The first kappa shape index (κ1) is 21.4. The van der Waals surface area contributed by atoms with E-state index in [1.165, 1.54) is 12.3 Å². The Morgan fingerprint density at radius 3 is 2.30 bits per heavy atom. The monoisotopic (exact) mass is 442 g/mol. The molecule has 1 amide bonds. The fourth-order valence-electron chi connectivity index (χ4n) is 2.29. The Balaban J connectivity index is 1.46. The zero-order chi connectivity index (χ0) is 21.3. The highest BCUT2D eigenvalue weighted by atomic mass is 35.5. The molecule has 30 heavy (non-hydrogen) atoms. The standard InChI is InChI=1S/C22H16Cl2N2O4/c23-17-6-10-19(11-7-17)29-14-21(27)26-25-13-15-4-8-20(9-5-15)30-22(28)16-2-1-3-18(24)12-16/h1-13H,14H2,(H,26,27)/b25-13+. The minimum absolute atomic E-state index is 0.183. The van der Waals surface area contributed by atoms with Gasteiger partial charge in [-0.3, -0.25) is 4.79 Å². The van der Waals surface area contributed by atoms with Gasteiger partial charge in [0.05, 0.1) is 11.8 Å². The summed E-state index contributed by atoms with van der Waals surface area (Å²) >= 11 is 11.7. The summed E-state index contributed by atoms with van der Waals surface area (Å²) in [6.07, 6.45) is 1.46. The molecule has 0 radical (unpaired) electrons. The number of rotatable bonds is 7. The Kier molecular flexibility index (Phi) is 7.43. The van der Waals surface area contributed by atoms with Crippen LogP contribution in [0.3, 0.4) is 0 Å². The zero-order valence-electron chi connectivity index (χ0n) is 15.5. The molecular formula is C22H16Cl2N2O4. The van der Waals surface area contributed by atoms with Gasteiger partial charge in [0, 0.05) is 10.0 Å². The van der Waals surface area contributed by atoms with Crippen LogP contribution < -0.4 is 14.9 Å². The van der Waals surface area contributed by atoms with Crippen molar-refractivity contribution >= 4 is 41.3 Å². The van der Waals surface area contributed by atoms with E-state index in [1.807, 2.05) is 0 Å². The molecule has 0 heterocycles. The van der Waals surface area contributed by atoms with Crippen LogP contribution >= 0.6 is 23.2 Å². The van der Waals surface area contributed by atoms with Crippen molar-refractivity contribution in [2.24, 2.45) is 5.10 Å². The number of halogens is 2. The third-order valence-electron chi connectivity index (χ3n) is 3.74. The Bertz CT molecular complexity index is 1050. The van der Waals surface area contributed by atoms with Crippen LogP contribution in [-0.2, 0) is 4.79 Å². The fraction of sp³-hybridized carbons (Fsp3) is 0.0455. The molecule has 0 saturated heterocycles. The molecule has 8 heteroatoms. The fourth-order valence-corrected chi connectivity index (χ4v) is 2.61. The summed E-state index contributed by atoms with van der Waals surface area (Å²) in [6, 6.07) is 19.8. The summed E-state index contributed by atoms with van der Waals surface area (Å²) in [6.45, 7) is -0.183. The van der Waals surface area contributed by atoms with Gasteiger partial charge in [0.1, 0.15) is 11.5 Å². The molecule has 0 bridgehead atoms. The van der Waals surface area contributed by atoms with Gasteiger partial charge in [-0.05, 0) is 72.3 Å². The van der Waals surface area contributed by atoms with Gasteiger partial charge in [-0.2, -0.15) is 5.10 Å². The lowest BCUT2D eigenvalue weighted by atomic mass is 10.2. The molecule has 0 atom stereocenters. The second kappa shape index (κ2) is 10.4. The van der Waals surface area contributed by atoms with Crippen LogP contribution in [0.15, 0.2) is 77.9 Å². The van der Waals surface area contributed by atoms with Gasteiger partial charge in [0.2, 0.25) is 0 Å². The van der Waals surface area contributed by atoms with Crippen molar-refractivity contribution in [3.05, 3.63) is 94.0 Å². The topological polar surface area (TPSA) is 77.0 Å². The van der Waals surface area contributed by atoms with Gasteiger partial charge < -0.3 is 9.47 Å². The van der Waals surface area contributed by atoms with Crippen LogP contribution in [0.4, 0.5) is 0 Å². The number of benzene rings is 3. The molecule has 3 aromatic carbocycles. The highest BCUT2D eigenvalue weighted by Crippen LogP contribution is 2.16. The average molecular weight is 443 g/mol. The van der Waals surface area contributed by atoms with Crippen LogP contribution in [0.5, 0.6) is 11.5 Å². The molecule has 3 rings (SSSR count). The Morgan fingerprint density at radius 1 is 0.900 bits per heavy atom. The minimum atomic E-state index is -0.508. The van der Waals surface area contributed by atoms with Crippen molar-refractivity contribution in [2.75, 3.05) is 6.61 Å². The number of carbonyl (C=O) groups is 2.